The van der Waals surface area contributed by atoms with Gasteiger partial charge in [0, 0.05) is 13.5 Å². The van der Waals surface area contributed by atoms with Crippen LogP contribution in [0.25, 0.3) is 0 Å². The van der Waals surface area contributed by atoms with Crippen molar-refractivity contribution in [3.05, 3.63) is 41.8 Å². The second kappa shape index (κ2) is 6.10. The average Bonchev–Trinajstić information content (AvgIpc) is 2.86. The van der Waals surface area contributed by atoms with Crippen LogP contribution >= 0.6 is 0 Å². The highest BCUT2D eigenvalue weighted by Crippen LogP contribution is 2.15. The van der Waals surface area contributed by atoms with E-state index in [1.807, 2.05) is 19.1 Å². The van der Waals surface area contributed by atoms with Gasteiger partial charge < -0.3 is 14.5 Å². The summed E-state index contributed by atoms with van der Waals surface area (Å²) in [5.74, 6) is 1.81. The highest BCUT2D eigenvalue weighted by atomic mass is 16.5. The van der Waals surface area contributed by atoms with Crippen molar-refractivity contribution in [2.24, 2.45) is 0 Å². The van der Waals surface area contributed by atoms with Gasteiger partial charge in [-0.25, -0.2) is 4.98 Å². The minimum atomic E-state index is 0.566. The highest BCUT2D eigenvalue weighted by molar-refractivity contribution is 5.28. The summed E-state index contributed by atoms with van der Waals surface area (Å²) >= 11 is 0. The molecule has 0 radical (unpaired) electrons. The molecule has 0 spiro atoms. The van der Waals surface area contributed by atoms with Crippen LogP contribution in [0.1, 0.15) is 18.2 Å². The number of rotatable bonds is 6. The summed E-state index contributed by atoms with van der Waals surface area (Å²) in [7, 11) is 1.79. The number of aryl methyl sites for hydroxylation is 2. The zero-order chi connectivity index (χ0) is 12.8. The molecule has 1 aromatic heterocycles. The molecule has 4 nitrogen and oxygen atoms in total. The van der Waals surface area contributed by atoms with Crippen LogP contribution in [0.15, 0.2) is 34.9 Å². The third-order valence-electron chi connectivity index (χ3n) is 2.66. The average molecular weight is 246 g/mol. The summed E-state index contributed by atoms with van der Waals surface area (Å²) in [5, 5.41) is 2.87. The number of benzene rings is 1. The van der Waals surface area contributed by atoms with Gasteiger partial charge in [0.15, 0.2) is 0 Å². The van der Waals surface area contributed by atoms with Gasteiger partial charge in [0.2, 0.25) is 0 Å². The molecule has 0 saturated heterocycles. The lowest BCUT2D eigenvalue weighted by molar-refractivity contribution is 0.340. The summed E-state index contributed by atoms with van der Waals surface area (Å²) in [5.41, 5.74) is 1.26. The van der Waals surface area contributed by atoms with Crippen molar-refractivity contribution in [1.82, 2.24) is 4.98 Å². The van der Waals surface area contributed by atoms with Crippen LogP contribution in [-0.4, -0.2) is 18.6 Å². The number of anilines is 1. The van der Waals surface area contributed by atoms with Crippen LogP contribution in [0.5, 0.6) is 5.75 Å². The SMILES string of the molecule is CCOc1ccc(CCc2cnc(NC)o2)cc1. The lowest BCUT2D eigenvalue weighted by Crippen LogP contribution is -1.93. The van der Waals surface area contributed by atoms with E-state index in [1.165, 1.54) is 5.56 Å². The van der Waals surface area contributed by atoms with Crippen molar-refractivity contribution < 1.29 is 9.15 Å². The van der Waals surface area contributed by atoms with Gasteiger partial charge in [-0.15, -0.1) is 0 Å². The van der Waals surface area contributed by atoms with Crippen LogP contribution in [0, 0.1) is 0 Å². The van der Waals surface area contributed by atoms with Crippen molar-refractivity contribution in [2.75, 3.05) is 19.0 Å². The molecule has 0 aliphatic carbocycles. The summed E-state index contributed by atoms with van der Waals surface area (Å²) in [6.07, 6.45) is 3.55. The van der Waals surface area contributed by atoms with Crippen molar-refractivity contribution in [2.45, 2.75) is 19.8 Å². The van der Waals surface area contributed by atoms with Crippen LogP contribution in [0.3, 0.4) is 0 Å². The Kier molecular flexibility index (Phi) is 4.23. The Morgan fingerprint density at radius 2 is 2.00 bits per heavy atom. The Hall–Kier alpha value is -1.97. The molecule has 4 heteroatoms. The zero-order valence-corrected chi connectivity index (χ0v) is 10.8. The smallest absolute Gasteiger partial charge is 0.294 e. The van der Waals surface area contributed by atoms with E-state index in [2.05, 4.69) is 22.4 Å². The zero-order valence-electron chi connectivity index (χ0n) is 10.8. The topological polar surface area (TPSA) is 47.3 Å². The molecule has 2 rings (SSSR count). The maximum Gasteiger partial charge on any atom is 0.294 e. The molecule has 1 N–H and O–H groups in total. The van der Waals surface area contributed by atoms with Crippen LogP contribution in [0.2, 0.25) is 0 Å². The molecule has 96 valence electrons. The van der Waals surface area contributed by atoms with Crippen LogP contribution < -0.4 is 10.1 Å². The molecule has 0 atom stereocenters. The molecule has 0 aliphatic rings. The van der Waals surface area contributed by atoms with Crippen LogP contribution in [-0.2, 0) is 12.8 Å². The molecule has 0 bridgehead atoms. The monoisotopic (exact) mass is 246 g/mol. The number of nitrogens with one attached hydrogen (secondary N) is 1. The van der Waals surface area contributed by atoms with Gasteiger partial charge in [0.25, 0.3) is 6.01 Å². The van der Waals surface area contributed by atoms with E-state index in [-0.39, 0.29) is 0 Å². The predicted octanol–water partition coefficient (Wildman–Crippen LogP) is 2.90. The van der Waals surface area contributed by atoms with Gasteiger partial charge in [0.05, 0.1) is 12.8 Å². The van der Waals surface area contributed by atoms with E-state index in [4.69, 9.17) is 9.15 Å². The van der Waals surface area contributed by atoms with Crippen molar-refractivity contribution in [3.63, 3.8) is 0 Å². The lowest BCUT2D eigenvalue weighted by atomic mass is 10.1. The quantitative estimate of drug-likeness (QED) is 0.851. The minimum absolute atomic E-state index is 0.566. The van der Waals surface area contributed by atoms with Gasteiger partial charge in [-0.2, -0.15) is 0 Å². The van der Waals surface area contributed by atoms with E-state index < -0.39 is 0 Å². The molecule has 0 saturated carbocycles. The third-order valence-corrected chi connectivity index (χ3v) is 2.66. The first kappa shape index (κ1) is 12.5. The molecule has 1 heterocycles. The number of nitrogens with zero attached hydrogens (tertiary/aromatic N) is 1. The normalized spacial score (nSPS) is 10.3. The van der Waals surface area contributed by atoms with E-state index in [1.54, 1.807) is 13.2 Å². The van der Waals surface area contributed by atoms with Gasteiger partial charge in [-0.1, -0.05) is 12.1 Å². The third kappa shape index (κ3) is 3.26. The predicted molar refractivity (Wildman–Crippen MR) is 71.1 cm³/mol. The molecule has 1 aromatic carbocycles. The Bertz CT molecular complexity index is 477. The molecule has 0 unspecified atom stereocenters. The summed E-state index contributed by atoms with van der Waals surface area (Å²) in [6, 6.07) is 8.73. The minimum Gasteiger partial charge on any atom is -0.494 e. The largest absolute Gasteiger partial charge is 0.494 e. The van der Waals surface area contributed by atoms with Crippen molar-refractivity contribution in [3.8, 4) is 5.75 Å². The summed E-state index contributed by atoms with van der Waals surface area (Å²) in [4.78, 5) is 4.09. The molecule has 0 amide bonds. The number of ether oxygens (including phenoxy) is 1. The first-order valence-electron chi connectivity index (χ1n) is 6.16. The Morgan fingerprint density at radius 1 is 1.22 bits per heavy atom. The first-order valence-corrected chi connectivity index (χ1v) is 6.16. The number of hydrogen-bond donors (Lipinski definition) is 1. The standard InChI is InChI=1S/C14H18N2O2/c1-3-17-12-7-4-11(5-8-12)6-9-13-10-16-14(15-2)18-13/h4-5,7-8,10H,3,6,9H2,1-2H3,(H,15,16). The maximum atomic E-state index is 5.47. The van der Waals surface area contributed by atoms with Gasteiger partial charge >= 0.3 is 0 Å². The molecule has 0 fully saturated rings. The van der Waals surface area contributed by atoms with E-state index in [9.17, 15) is 0 Å². The van der Waals surface area contributed by atoms with E-state index in [0.29, 0.717) is 12.6 Å². The number of oxazole rings is 1. The first-order chi connectivity index (χ1) is 8.81. The van der Waals surface area contributed by atoms with Crippen molar-refractivity contribution >= 4 is 6.01 Å². The van der Waals surface area contributed by atoms with Crippen molar-refractivity contribution in [1.29, 1.82) is 0 Å². The van der Waals surface area contributed by atoms with Gasteiger partial charge in [0.1, 0.15) is 11.5 Å². The van der Waals surface area contributed by atoms with E-state index >= 15 is 0 Å². The number of aromatic nitrogens is 1. The molecule has 2 aromatic rings. The van der Waals surface area contributed by atoms with E-state index in [0.717, 1.165) is 24.4 Å². The Labute approximate surface area is 107 Å². The van der Waals surface area contributed by atoms with Gasteiger partial charge in [-0.05, 0) is 31.0 Å². The summed E-state index contributed by atoms with van der Waals surface area (Å²) in [6.45, 7) is 2.68. The second-order valence-corrected chi connectivity index (χ2v) is 3.96. The fourth-order valence-corrected chi connectivity index (χ4v) is 1.73. The molecular formula is C14H18N2O2. The molecular weight excluding hydrogens is 228 g/mol. The second-order valence-electron chi connectivity index (χ2n) is 3.96. The van der Waals surface area contributed by atoms with Gasteiger partial charge in [-0.3, -0.25) is 0 Å². The summed E-state index contributed by atoms with van der Waals surface area (Å²) < 4.78 is 10.9. The molecule has 18 heavy (non-hydrogen) atoms. The fraction of sp³-hybridized carbons (Fsp3) is 0.357. The highest BCUT2D eigenvalue weighted by Gasteiger charge is 2.02. The fourth-order valence-electron chi connectivity index (χ4n) is 1.73. The van der Waals surface area contributed by atoms with Crippen LogP contribution in [0.4, 0.5) is 6.01 Å². The maximum absolute atomic E-state index is 5.47. The Balaban J connectivity index is 1.89. The Morgan fingerprint density at radius 3 is 2.61 bits per heavy atom. The lowest BCUT2D eigenvalue weighted by Gasteiger charge is -2.04. The molecule has 0 aliphatic heterocycles. The number of hydrogen-bond acceptors (Lipinski definition) is 4.